The van der Waals surface area contributed by atoms with Gasteiger partial charge in [0.05, 0.1) is 22.8 Å². The Morgan fingerprint density at radius 3 is 2.79 bits per heavy atom. The fourth-order valence-corrected chi connectivity index (χ4v) is 2.29. The van der Waals surface area contributed by atoms with Crippen molar-refractivity contribution in [2.24, 2.45) is 0 Å². The van der Waals surface area contributed by atoms with Crippen molar-refractivity contribution in [1.82, 2.24) is 4.98 Å². The molecular formula is C14H10Cl2N2O. The minimum atomic E-state index is 0.385. The molecule has 1 aromatic carbocycles. The first-order chi connectivity index (χ1) is 9.24. The summed E-state index contributed by atoms with van der Waals surface area (Å²) >= 11 is 11.9. The van der Waals surface area contributed by atoms with E-state index in [2.05, 4.69) is 10.3 Å². The first kappa shape index (κ1) is 12.3. The molecule has 0 saturated heterocycles. The number of benzene rings is 1. The average molecular weight is 293 g/mol. The lowest BCUT2D eigenvalue weighted by Gasteiger charge is -2.08. The zero-order valence-electron chi connectivity index (χ0n) is 9.86. The predicted octanol–water partition coefficient (Wildman–Crippen LogP) is 4.75. The highest BCUT2D eigenvalue weighted by Gasteiger charge is 2.06. The van der Waals surface area contributed by atoms with Crippen LogP contribution in [-0.2, 0) is 6.54 Å². The molecule has 0 aliphatic heterocycles. The Hall–Kier alpha value is -1.71. The highest BCUT2D eigenvalue weighted by atomic mass is 35.5. The van der Waals surface area contributed by atoms with E-state index in [-0.39, 0.29) is 0 Å². The number of furan rings is 1. The molecule has 0 saturated carbocycles. The summed E-state index contributed by atoms with van der Waals surface area (Å²) in [5, 5.41) is 5.27. The molecule has 0 atom stereocenters. The summed E-state index contributed by atoms with van der Waals surface area (Å²) in [7, 11) is 0. The molecule has 0 fully saturated rings. The largest absolute Gasteiger partial charge is 0.448 e. The van der Waals surface area contributed by atoms with E-state index in [1.54, 1.807) is 12.3 Å². The van der Waals surface area contributed by atoms with Crippen molar-refractivity contribution in [2.45, 2.75) is 6.54 Å². The lowest BCUT2D eigenvalue weighted by Crippen LogP contribution is -1.99. The Bertz CT molecular complexity index is 724. The first-order valence-corrected chi connectivity index (χ1v) is 6.51. The second-order valence-corrected chi connectivity index (χ2v) is 4.83. The van der Waals surface area contributed by atoms with Gasteiger partial charge >= 0.3 is 0 Å². The van der Waals surface area contributed by atoms with Crippen molar-refractivity contribution in [3.8, 4) is 0 Å². The number of aromatic nitrogens is 1. The number of nitrogens with zero attached hydrogens (tertiary/aromatic N) is 1. The maximum atomic E-state index is 6.15. The number of hydrogen-bond acceptors (Lipinski definition) is 3. The molecule has 0 bridgehead atoms. The van der Waals surface area contributed by atoms with Gasteiger partial charge in [-0.3, -0.25) is 4.98 Å². The van der Waals surface area contributed by atoms with E-state index in [1.807, 2.05) is 30.3 Å². The smallest absolute Gasteiger partial charge is 0.193 e. The van der Waals surface area contributed by atoms with Gasteiger partial charge in [0.25, 0.3) is 0 Å². The van der Waals surface area contributed by atoms with Gasteiger partial charge in [0.2, 0.25) is 0 Å². The van der Waals surface area contributed by atoms with Crippen LogP contribution in [-0.4, -0.2) is 4.98 Å². The monoisotopic (exact) mass is 292 g/mol. The molecule has 3 nitrogen and oxygen atoms in total. The van der Waals surface area contributed by atoms with Gasteiger partial charge in [-0.15, -0.1) is 0 Å². The number of anilines is 1. The third kappa shape index (κ3) is 2.53. The van der Waals surface area contributed by atoms with E-state index in [1.165, 1.54) is 0 Å². The minimum absolute atomic E-state index is 0.385. The Morgan fingerprint density at radius 1 is 1.11 bits per heavy atom. The van der Waals surface area contributed by atoms with Crippen molar-refractivity contribution >= 4 is 39.8 Å². The van der Waals surface area contributed by atoms with E-state index >= 15 is 0 Å². The minimum Gasteiger partial charge on any atom is -0.448 e. The third-order valence-corrected chi connectivity index (χ3v) is 3.33. The molecule has 96 valence electrons. The Morgan fingerprint density at radius 2 is 2.00 bits per heavy atom. The van der Waals surface area contributed by atoms with Crippen LogP contribution in [0.2, 0.25) is 10.2 Å². The molecule has 0 spiro atoms. The van der Waals surface area contributed by atoms with Gasteiger partial charge in [0.15, 0.2) is 5.22 Å². The molecule has 2 heterocycles. The summed E-state index contributed by atoms with van der Waals surface area (Å²) in [5.74, 6) is 0.768. The molecule has 5 heteroatoms. The molecular weight excluding hydrogens is 283 g/mol. The summed E-state index contributed by atoms with van der Waals surface area (Å²) in [6.45, 7) is 0.542. The van der Waals surface area contributed by atoms with Crippen LogP contribution in [0, 0.1) is 0 Å². The molecule has 3 rings (SSSR count). The topological polar surface area (TPSA) is 38.1 Å². The number of hydrogen-bond donors (Lipinski definition) is 1. The van der Waals surface area contributed by atoms with Crippen LogP contribution in [0.25, 0.3) is 10.9 Å². The molecule has 0 unspecified atom stereocenters. The number of fused-ring (bicyclic) bond motifs is 1. The second-order valence-electron chi connectivity index (χ2n) is 4.05. The Kier molecular flexibility index (Phi) is 3.32. The van der Waals surface area contributed by atoms with Gasteiger partial charge in [-0.05, 0) is 48.0 Å². The molecule has 3 aromatic rings. The van der Waals surface area contributed by atoms with Gasteiger partial charge in [0.1, 0.15) is 5.76 Å². The maximum absolute atomic E-state index is 6.15. The van der Waals surface area contributed by atoms with E-state index in [9.17, 15) is 0 Å². The fourth-order valence-electron chi connectivity index (χ4n) is 1.91. The molecule has 0 amide bonds. The standard InChI is InChI=1S/C14H10Cl2N2O/c15-11-4-5-12(14-10(11)2-1-7-17-14)18-8-9-3-6-13(16)19-9/h1-7,18H,8H2. The van der Waals surface area contributed by atoms with Crippen LogP contribution in [0.3, 0.4) is 0 Å². The van der Waals surface area contributed by atoms with Crippen molar-refractivity contribution in [3.05, 3.63) is 58.6 Å². The van der Waals surface area contributed by atoms with Crippen LogP contribution in [0.1, 0.15) is 5.76 Å². The van der Waals surface area contributed by atoms with Crippen LogP contribution >= 0.6 is 23.2 Å². The summed E-state index contributed by atoms with van der Waals surface area (Å²) in [6.07, 6.45) is 1.74. The summed E-state index contributed by atoms with van der Waals surface area (Å²) < 4.78 is 5.30. The van der Waals surface area contributed by atoms with E-state index in [0.717, 1.165) is 22.4 Å². The first-order valence-electron chi connectivity index (χ1n) is 5.75. The predicted molar refractivity (Wildman–Crippen MR) is 77.8 cm³/mol. The molecule has 19 heavy (non-hydrogen) atoms. The summed E-state index contributed by atoms with van der Waals surface area (Å²) in [6, 6.07) is 11.1. The molecule has 0 radical (unpaired) electrons. The van der Waals surface area contributed by atoms with Crippen molar-refractivity contribution in [3.63, 3.8) is 0 Å². The third-order valence-electron chi connectivity index (χ3n) is 2.80. The fraction of sp³-hybridized carbons (Fsp3) is 0.0714. The molecule has 1 N–H and O–H groups in total. The van der Waals surface area contributed by atoms with Crippen LogP contribution in [0.4, 0.5) is 5.69 Å². The highest BCUT2D eigenvalue weighted by Crippen LogP contribution is 2.28. The maximum Gasteiger partial charge on any atom is 0.193 e. The lowest BCUT2D eigenvalue weighted by molar-refractivity contribution is 0.520. The van der Waals surface area contributed by atoms with Gasteiger partial charge in [-0.2, -0.15) is 0 Å². The van der Waals surface area contributed by atoms with Gasteiger partial charge in [-0.25, -0.2) is 0 Å². The quantitative estimate of drug-likeness (QED) is 0.757. The molecule has 0 aliphatic carbocycles. The van der Waals surface area contributed by atoms with Gasteiger partial charge < -0.3 is 9.73 Å². The van der Waals surface area contributed by atoms with E-state index in [0.29, 0.717) is 16.8 Å². The van der Waals surface area contributed by atoms with Crippen LogP contribution < -0.4 is 5.32 Å². The SMILES string of the molecule is Clc1ccc(CNc2ccc(Cl)c3cccnc23)o1. The normalized spacial score (nSPS) is 10.8. The highest BCUT2D eigenvalue weighted by molar-refractivity contribution is 6.35. The zero-order chi connectivity index (χ0) is 13.2. The lowest BCUT2D eigenvalue weighted by atomic mass is 10.2. The van der Waals surface area contributed by atoms with Crippen molar-refractivity contribution in [1.29, 1.82) is 0 Å². The van der Waals surface area contributed by atoms with Crippen LogP contribution in [0.15, 0.2) is 47.0 Å². The average Bonchev–Trinajstić information content (AvgIpc) is 2.84. The number of rotatable bonds is 3. The zero-order valence-corrected chi connectivity index (χ0v) is 11.4. The molecule has 2 aromatic heterocycles. The second kappa shape index (κ2) is 5.11. The number of pyridine rings is 1. The van der Waals surface area contributed by atoms with Crippen molar-refractivity contribution in [2.75, 3.05) is 5.32 Å². The van der Waals surface area contributed by atoms with E-state index in [4.69, 9.17) is 27.6 Å². The summed E-state index contributed by atoms with van der Waals surface area (Å²) in [4.78, 5) is 4.36. The number of nitrogens with one attached hydrogen (secondary N) is 1. The van der Waals surface area contributed by atoms with Crippen LogP contribution in [0.5, 0.6) is 0 Å². The van der Waals surface area contributed by atoms with Gasteiger partial charge in [0, 0.05) is 11.6 Å². The van der Waals surface area contributed by atoms with Crippen molar-refractivity contribution < 1.29 is 4.42 Å². The Labute approximate surface area is 120 Å². The van der Waals surface area contributed by atoms with Gasteiger partial charge in [-0.1, -0.05) is 11.6 Å². The van der Waals surface area contributed by atoms with E-state index < -0.39 is 0 Å². The molecule has 0 aliphatic rings. The number of halogens is 2. The summed E-state index contributed by atoms with van der Waals surface area (Å²) in [5.41, 5.74) is 1.75. The Balaban J connectivity index is 1.91.